The molecule has 2 heterocycles. The van der Waals surface area contributed by atoms with Crippen molar-refractivity contribution in [2.24, 2.45) is 0 Å². The van der Waals surface area contributed by atoms with Gasteiger partial charge in [-0.1, -0.05) is 13.3 Å². The van der Waals surface area contributed by atoms with Crippen molar-refractivity contribution >= 4 is 58.0 Å². The normalized spacial score (nSPS) is 10.8. The standard InChI is InChI=1S/C20H22N4.2ClH/c1-2-3-14(17-10-23-19-6-4-12(21)8-15(17)19)18-11-24-20-7-5-13(22)9-16(18)20;;/h4-11,14,23-24H,2-3,21-22H2,1H3;2*1H. The number of anilines is 2. The van der Waals surface area contributed by atoms with Gasteiger partial charge in [-0.2, -0.15) is 0 Å². The van der Waals surface area contributed by atoms with Gasteiger partial charge in [-0.3, -0.25) is 0 Å². The fraction of sp³-hybridized carbons (Fsp3) is 0.200. The van der Waals surface area contributed by atoms with Crippen LogP contribution < -0.4 is 11.5 Å². The fourth-order valence-electron chi connectivity index (χ4n) is 3.66. The summed E-state index contributed by atoms with van der Waals surface area (Å²) in [5, 5.41) is 2.40. The molecule has 4 rings (SSSR count). The van der Waals surface area contributed by atoms with Crippen LogP contribution in [0.4, 0.5) is 11.4 Å². The zero-order valence-corrected chi connectivity index (χ0v) is 16.2. The molecule has 0 fully saturated rings. The minimum Gasteiger partial charge on any atom is -0.399 e. The first-order chi connectivity index (χ1) is 11.7. The van der Waals surface area contributed by atoms with Gasteiger partial charge in [0.15, 0.2) is 0 Å². The molecule has 0 unspecified atom stereocenters. The van der Waals surface area contributed by atoms with Crippen LogP contribution >= 0.6 is 24.8 Å². The minimum absolute atomic E-state index is 0. The topological polar surface area (TPSA) is 83.6 Å². The number of nitrogens with one attached hydrogen (secondary N) is 2. The van der Waals surface area contributed by atoms with Crippen molar-refractivity contribution in [3.8, 4) is 0 Å². The number of H-pyrrole nitrogens is 2. The Bertz CT molecular complexity index is 939. The third-order valence-electron chi connectivity index (χ3n) is 4.80. The summed E-state index contributed by atoms with van der Waals surface area (Å²) >= 11 is 0. The van der Waals surface area contributed by atoms with Gasteiger partial charge in [-0.25, -0.2) is 0 Å². The van der Waals surface area contributed by atoms with E-state index in [0.717, 1.165) is 35.2 Å². The second kappa shape index (κ2) is 7.94. The number of rotatable bonds is 4. The summed E-state index contributed by atoms with van der Waals surface area (Å²) in [7, 11) is 0. The Labute approximate surface area is 165 Å². The lowest BCUT2D eigenvalue weighted by molar-refractivity contribution is 0.706. The maximum atomic E-state index is 6.02. The molecule has 0 aliphatic rings. The van der Waals surface area contributed by atoms with Crippen molar-refractivity contribution in [1.29, 1.82) is 0 Å². The molecule has 0 aliphatic heterocycles. The summed E-state index contributed by atoms with van der Waals surface area (Å²) in [5.74, 6) is 0.307. The molecule has 4 aromatic rings. The molecular weight excluding hydrogens is 367 g/mol. The van der Waals surface area contributed by atoms with Gasteiger partial charge in [0.2, 0.25) is 0 Å². The van der Waals surface area contributed by atoms with Crippen molar-refractivity contribution in [3.05, 3.63) is 59.9 Å². The number of nitrogen functional groups attached to an aromatic ring is 2. The van der Waals surface area contributed by atoms with Crippen molar-refractivity contribution < 1.29 is 0 Å². The van der Waals surface area contributed by atoms with Crippen LogP contribution in [0.2, 0.25) is 0 Å². The van der Waals surface area contributed by atoms with Crippen LogP contribution in [0, 0.1) is 0 Å². The van der Waals surface area contributed by atoms with Crippen LogP contribution in [-0.4, -0.2) is 9.97 Å². The van der Waals surface area contributed by atoms with Crippen molar-refractivity contribution in [2.45, 2.75) is 25.7 Å². The Morgan fingerprint density at radius 3 is 1.69 bits per heavy atom. The average molecular weight is 391 g/mol. The Morgan fingerprint density at radius 1 is 0.808 bits per heavy atom. The summed E-state index contributed by atoms with van der Waals surface area (Å²) in [6, 6.07) is 12.1. The highest BCUT2D eigenvalue weighted by Crippen LogP contribution is 2.38. The van der Waals surface area contributed by atoms with Crippen LogP contribution in [0.3, 0.4) is 0 Å². The summed E-state index contributed by atoms with van der Waals surface area (Å²) in [4.78, 5) is 6.77. The molecule has 0 bridgehead atoms. The van der Waals surface area contributed by atoms with E-state index in [4.69, 9.17) is 11.5 Å². The highest BCUT2D eigenvalue weighted by Gasteiger charge is 2.20. The molecule has 138 valence electrons. The van der Waals surface area contributed by atoms with E-state index in [2.05, 4.69) is 41.4 Å². The molecule has 2 aromatic heterocycles. The number of fused-ring (bicyclic) bond motifs is 2. The van der Waals surface area contributed by atoms with E-state index in [-0.39, 0.29) is 24.8 Å². The highest BCUT2D eigenvalue weighted by atomic mass is 35.5. The highest BCUT2D eigenvalue weighted by molar-refractivity contribution is 5.90. The van der Waals surface area contributed by atoms with Gasteiger partial charge in [-0.15, -0.1) is 24.8 Å². The van der Waals surface area contributed by atoms with Crippen molar-refractivity contribution in [2.75, 3.05) is 11.5 Å². The predicted octanol–water partition coefficient (Wildman–Crippen LogP) is 5.59. The van der Waals surface area contributed by atoms with Crippen LogP contribution in [0.25, 0.3) is 21.8 Å². The smallest absolute Gasteiger partial charge is 0.0458 e. The Morgan fingerprint density at radius 2 is 1.27 bits per heavy atom. The first-order valence-electron chi connectivity index (χ1n) is 8.40. The Kier molecular flexibility index (Phi) is 6.11. The largest absolute Gasteiger partial charge is 0.399 e. The van der Waals surface area contributed by atoms with Gasteiger partial charge < -0.3 is 21.4 Å². The average Bonchev–Trinajstić information content (AvgIpc) is 3.16. The summed E-state index contributed by atoms with van der Waals surface area (Å²) in [6.45, 7) is 2.22. The maximum absolute atomic E-state index is 6.02. The van der Waals surface area contributed by atoms with E-state index in [9.17, 15) is 0 Å². The molecule has 0 amide bonds. The predicted molar refractivity (Wildman–Crippen MR) is 117 cm³/mol. The molecule has 0 saturated carbocycles. The van der Waals surface area contributed by atoms with Gasteiger partial charge in [0.25, 0.3) is 0 Å². The molecule has 0 saturated heterocycles. The first-order valence-corrected chi connectivity index (χ1v) is 8.40. The number of nitrogens with two attached hydrogens (primary N) is 2. The van der Waals surface area contributed by atoms with E-state index in [1.54, 1.807) is 0 Å². The van der Waals surface area contributed by atoms with E-state index >= 15 is 0 Å². The van der Waals surface area contributed by atoms with E-state index in [0.29, 0.717) is 5.92 Å². The number of aromatic nitrogens is 2. The lowest BCUT2D eigenvalue weighted by Crippen LogP contribution is -2.00. The van der Waals surface area contributed by atoms with Crippen molar-refractivity contribution in [3.63, 3.8) is 0 Å². The minimum atomic E-state index is 0. The second-order valence-electron chi connectivity index (χ2n) is 6.44. The lowest BCUT2D eigenvalue weighted by Gasteiger charge is -2.16. The van der Waals surface area contributed by atoms with Crippen LogP contribution in [0.5, 0.6) is 0 Å². The molecule has 0 radical (unpaired) electrons. The zero-order chi connectivity index (χ0) is 16.7. The first kappa shape index (κ1) is 20.0. The molecule has 0 aliphatic carbocycles. The molecule has 26 heavy (non-hydrogen) atoms. The molecule has 2 aromatic carbocycles. The van der Waals surface area contributed by atoms with Gasteiger partial charge in [-0.05, 0) is 53.9 Å². The number of benzene rings is 2. The fourth-order valence-corrected chi connectivity index (χ4v) is 3.66. The number of hydrogen-bond donors (Lipinski definition) is 4. The number of hydrogen-bond acceptors (Lipinski definition) is 2. The van der Waals surface area contributed by atoms with Crippen molar-refractivity contribution in [1.82, 2.24) is 9.97 Å². The lowest BCUT2D eigenvalue weighted by atomic mass is 9.87. The van der Waals surface area contributed by atoms with E-state index in [1.165, 1.54) is 21.9 Å². The molecule has 4 nitrogen and oxygen atoms in total. The number of halogens is 2. The molecular formula is C20H24Cl2N4. The monoisotopic (exact) mass is 390 g/mol. The van der Waals surface area contributed by atoms with Gasteiger partial charge in [0, 0.05) is 51.5 Å². The molecule has 6 heteroatoms. The summed E-state index contributed by atoms with van der Waals surface area (Å²) in [6.07, 6.45) is 6.42. The summed E-state index contributed by atoms with van der Waals surface area (Å²) < 4.78 is 0. The summed E-state index contributed by atoms with van der Waals surface area (Å²) in [5.41, 5.74) is 18.5. The van der Waals surface area contributed by atoms with E-state index in [1.807, 2.05) is 24.3 Å². The van der Waals surface area contributed by atoms with Gasteiger partial charge in [0.1, 0.15) is 0 Å². The van der Waals surface area contributed by atoms with Gasteiger partial charge in [0.05, 0.1) is 0 Å². The zero-order valence-electron chi connectivity index (χ0n) is 14.6. The van der Waals surface area contributed by atoms with Crippen LogP contribution in [0.15, 0.2) is 48.8 Å². The van der Waals surface area contributed by atoms with E-state index < -0.39 is 0 Å². The SMILES string of the molecule is CCCC(c1c[nH]c2ccc(N)cc12)c1c[nH]c2ccc(N)cc12.Cl.Cl. The maximum Gasteiger partial charge on any atom is 0.0458 e. The Balaban J connectivity index is 0.00000121. The quantitative estimate of drug-likeness (QED) is 0.342. The Hall–Kier alpha value is -2.30. The third kappa shape index (κ3) is 3.35. The molecule has 0 spiro atoms. The third-order valence-corrected chi connectivity index (χ3v) is 4.80. The van der Waals surface area contributed by atoms with Gasteiger partial charge >= 0.3 is 0 Å². The second-order valence-corrected chi connectivity index (χ2v) is 6.44. The van der Waals surface area contributed by atoms with Crippen LogP contribution in [0.1, 0.15) is 36.8 Å². The number of aromatic amines is 2. The van der Waals surface area contributed by atoms with Crippen LogP contribution in [-0.2, 0) is 0 Å². The molecule has 0 atom stereocenters. The molecule has 6 N–H and O–H groups in total.